The maximum Gasteiger partial charge on any atom is 0.230 e. The number of hydrogen-bond donors (Lipinski definition) is 1. The maximum atomic E-state index is 5.83. The van der Waals surface area contributed by atoms with Crippen molar-refractivity contribution in [2.24, 2.45) is 0 Å². The molecule has 0 unspecified atom stereocenters. The van der Waals surface area contributed by atoms with Crippen LogP contribution in [-0.2, 0) is 0 Å². The lowest BCUT2D eigenvalue weighted by atomic mass is 10.1. The van der Waals surface area contributed by atoms with Crippen LogP contribution in [0.25, 0.3) is 21.7 Å². The Balaban J connectivity index is 2.20. The zero-order valence-corrected chi connectivity index (χ0v) is 9.65. The molecule has 0 amide bonds. The molecule has 84 valence electrons. The SMILES string of the molecule is Nc1onc(-c2cccs2)c1-c1ccncc1. The van der Waals surface area contributed by atoms with Crippen LogP contribution in [0.2, 0.25) is 0 Å². The topological polar surface area (TPSA) is 64.9 Å². The Morgan fingerprint density at radius 3 is 2.71 bits per heavy atom. The quantitative estimate of drug-likeness (QED) is 0.751. The summed E-state index contributed by atoms with van der Waals surface area (Å²) >= 11 is 1.60. The molecule has 0 aliphatic rings. The zero-order chi connectivity index (χ0) is 11.7. The minimum atomic E-state index is 0.333. The van der Waals surface area contributed by atoms with Crippen molar-refractivity contribution in [2.45, 2.75) is 0 Å². The first-order chi connectivity index (χ1) is 8.36. The second kappa shape index (κ2) is 4.03. The molecule has 2 N–H and O–H groups in total. The van der Waals surface area contributed by atoms with Gasteiger partial charge in [-0.3, -0.25) is 4.98 Å². The van der Waals surface area contributed by atoms with E-state index < -0.39 is 0 Å². The summed E-state index contributed by atoms with van der Waals surface area (Å²) < 4.78 is 5.09. The minimum Gasteiger partial charge on any atom is -0.367 e. The molecule has 0 bridgehead atoms. The highest BCUT2D eigenvalue weighted by molar-refractivity contribution is 7.13. The van der Waals surface area contributed by atoms with Crippen LogP contribution in [0.3, 0.4) is 0 Å². The molecule has 0 spiro atoms. The third-order valence-corrected chi connectivity index (χ3v) is 3.32. The first-order valence-electron chi connectivity index (χ1n) is 5.05. The molecule has 0 aliphatic heterocycles. The van der Waals surface area contributed by atoms with Crippen LogP contribution in [0.1, 0.15) is 0 Å². The van der Waals surface area contributed by atoms with Crippen LogP contribution in [0, 0.1) is 0 Å². The van der Waals surface area contributed by atoms with Gasteiger partial charge < -0.3 is 10.3 Å². The normalized spacial score (nSPS) is 10.6. The van der Waals surface area contributed by atoms with Crippen molar-refractivity contribution in [1.29, 1.82) is 0 Å². The van der Waals surface area contributed by atoms with Crippen LogP contribution in [-0.4, -0.2) is 10.1 Å². The fraction of sp³-hybridized carbons (Fsp3) is 0. The minimum absolute atomic E-state index is 0.333. The van der Waals surface area contributed by atoms with Crippen LogP contribution >= 0.6 is 11.3 Å². The average molecular weight is 243 g/mol. The van der Waals surface area contributed by atoms with Gasteiger partial charge in [0.25, 0.3) is 0 Å². The van der Waals surface area contributed by atoms with Crippen LogP contribution < -0.4 is 5.73 Å². The Labute approximate surface area is 102 Å². The molecule has 0 aliphatic carbocycles. The summed E-state index contributed by atoms with van der Waals surface area (Å²) in [5.74, 6) is 0.333. The number of nitrogens with two attached hydrogens (primary N) is 1. The molecule has 4 nitrogen and oxygen atoms in total. The van der Waals surface area contributed by atoms with E-state index in [0.29, 0.717) is 5.88 Å². The van der Waals surface area contributed by atoms with Gasteiger partial charge >= 0.3 is 0 Å². The predicted molar refractivity (Wildman–Crippen MR) is 67.5 cm³/mol. The molecule has 0 fully saturated rings. The van der Waals surface area contributed by atoms with Crippen molar-refractivity contribution >= 4 is 17.2 Å². The zero-order valence-electron chi connectivity index (χ0n) is 8.83. The highest BCUT2D eigenvalue weighted by Crippen LogP contribution is 2.37. The van der Waals surface area contributed by atoms with Gasteiger partial charge in [-0.15, -0.1) is 11.3 Å². The van der Waals surface area contributed by atoms with Crippen LogP contribution in [0.4, 0.5) is 5.88 Å². The van der Waals surface area contributed by atoms with Crippen molar-refractivity contribution in [2.75, 3.05) is 5.73 Å². The van der Waals surface area contributed by atoms with Crippen molar-refractivity contribution in [3.8, 4) is 21.7 Å². The predicted octanol–water partition coefficient (Wildman–Crippen LogP) is 3.05. The van der Waals surface area contributed by atoms with Gasteiger partial charge in [-0.25, -0.2) is 0 Å². The van der Waals surface area contributed by atoms with Crippen molar-refractivity contribution in [1.82, 2.24) is 10.1 Å². The second-order valence-electron chi connectivity index (χ2n) is 3.48. The third kappa shape index (κ3) is 1.70. The Bertz CT molecular complexity index is 617. The fourth-order valence-electron chi connectivity index (χ4n) is 1.68. The summed E-state index contributed by atoms with van der Waals surface area (Å²) in [6, 6.07) is 7.74. The van der Waals surface area contributed by atoms with E-state index in [1.807, 2.05) is 29.6 Å². The van der Waals surface area contributed by atoms with Gasteiger partial charge in [0.05, 0.1) is 10.4 Å². The first kappa shape index (κ1) is 10.0. The van der Waals surface area contributed by atoms with E-state index in [1.165, 1.54) is 0 Å². The summed E-state index contributed by atoms with van der Waals surface area (Å²) in [6.45, 7) is 0. The van der Waals surface area contributed by atoms with Gasteiger partial charge in [0.15, 0.2) is 0 Å². The molecular weight excluding hydrogens is 234 g/mol. The first-order valence-corrected chi connectivity index (χ1v) is 5.93. The Morgan fingerprint density at radius 2 is 2.00 bits per heavy atom. The molecule has 3 heterocycles. The fourth-order valence-corrected chi connectivity index (χ4v) is 2.39. The summed E-state index contributed by atoms with van der Waals surface area (Å²) in [4.78, 5) is 5.03. The molecule has 0 atom stereocenters. The van der Waals surface area contributed by atoms with E-state index in [9.17, 15) is 0 Å². The van der Waals surface area contributed by atoms with Crippen molar-refractivity contribution in [3.63, 3.8) is 0 Å². The molecule has 0 aromatic carbocycles. The number of aromatic nitrogens is 2. The highest BCUT2D eigenvalue weighted by atomic mass is 32.1. The maximum absolute atomic E-state index is 5.83. The molecule has 17 heavy (non-hydrogen) atoms. The molecule has 3 aromatic rings. The van der Waals surface area contributed by atoms with Crippen molar-refractivity contribution in [3.05, 3.63) is 42.0 Å². The number of hydrogen-bond acceptors (Lipinski definition) is 5. The Morgan fingerprint density at radius 1 is 1.18 bits per heavy atom. The highest BCUT2D eigenvalue weighted by Gasteiger charge is 2.17. The average Bonchev–Trinajstić information content (AvgIpc) is 2.98. The Hall–Kier alpha value is -2.14. The van der Waals surface area contributed by atoms with E-state index in [-0.39, 0.29) is 0 Å². The summed E-state index contributed by atoms with van der Waals surface area (Å²) in [7, 11) is 0. The standard InChI is InChI=1S/C12H9N3OS/c13-12-10(8-3-5-14-6-4-8)11(15-16-12)9-2-1-7-17-9/h1-7H,13H2. The smallest absolute Gasteiger partial charge is 0.230 e. The molecule has 0 saturated heterocycles. The van der Waals surface area contributed by atoms with Gasteiger partial charge in [-0.05, 0) is 29.1 Å². The lowest BCUT2D eigenvalue weighted by molar-refractivity contribution is 0.439. The van der Waals surface area contributed by atoms with Crippen LogP contribution in [0.5, 0.6) is 0 Å². The number of pyridine rings is 1. The van der Waals surface area contributed by atoms with Gasteiger partial charge in [0, 0.05) is 12.4 Å². The summed E-state index contributed by atoms with van der Waals surface area (Å²) in [6.07, 6.45) is 3.44. The molecule has 0 saturated carbocycles. The molecule has 5 heteroatoms. The van der Waals surface area contributed by atoms with Gasteiger partial charge in [0.1, 0.15) is 5.69 Å². The summed E-state index contributed by atoms with van der Waals surface area (Å²) in [5, 5.41) is 6.02. The van der Waals surface area contributed by atoms with Gasteiger partial charge in [-0.1, -0.05) is 11.2 Å². The number of rotatable bonds is 2. The van der Waals surface area contributed by atoms with Crippen molar-refractivity contribution < 1.29 is 4.52 Å². The van der Waals surface area contributed by atoms with E-state index in [0.717, 1.165) is 21.7 Å². The van der Waals surface area contributed by atoms with E-state index in [1.54, 1.807) is 23.7 Å². The lowest BCUT2D eigenvalue weighted by Gasteiger charge is -1.99. The third-order valence-electron chi connectivity index (χ3n) is 2.44. The molecular formula is C12H9N3OS. The molecule has 0 radical (unpaired) electrons. The lowest BCUT2D eigenvalue weighted by Crippen LogP contribution is -1.86. The number of anilines is 1. The number of thiophene rings is 1. The van der Waals surface area contributed by atoms with Crippen LogP contribution in [0.15, 0.2) is 46.6 Å². The Kier molecular flexibility index (Phi) is 2.38. The van der Waals surface area contributed by atoms with Gasteiger partial charge in [-0.2, -0.15) is 0 Å². The monoisotopic (exact) mass is 243 g/mol. The van der Waals surface area contributed by atoms with E-state index >= 15 is 0 Å². The molecule has 3 rings (SSSR count). The van der Waals surface area contributed by atoms with Gasteiger partial charge in [0.2, 0.25) is 5.88 Å². The number of nitrogens with zero attached hydrogens (tertiary/aromatic N) is 2. The molecule has 3 aromatic heterocycles. The second-order valence-corrected chi connectivity index (χ2v) is 4.43. The van der Waals surface area contributed by atoms with E-state index in [4.69, 9.17) is 10.3 Å². The van der Waals surface area contributed by atoms with E-state index in [2.05, 4.69) is 10.1 Å². The number of nitrogen functional groups attached to an aromatic ring is 1. The summed E-state index contributed by atoms with van der Waals surface area (Å²) in [5.41, 5.74) is 8.40. The largest absolute Gasteiger partial charge is 0.367 e.